The highest BCUT2D eigenvalue weighted by Crippen LogP contribution is 2.33. The van der Waals surface area contributed by atoms with Crippen molar-refractivity contribution in [2.45, 2.75) is 25.2 Å². The number of hydrogen-bond acceptors (Lipinski definition) is 4. The zero-order chi connectivity index (χ0) is 21.0. The molecule has 3 rings (SSSR count). The molecule has 154 valence electrons. The highest BCUT2D eigenvalue weighted by Gasteiger charge is 2.51. The third-order valence-corrected chi connectivity index (χ3v) is 5.97. The molecular formula is C21H23IN2O5. The van der Waals surface area contributed by atoms with E-state index in [9.17, 15) is 14.7 Å². The Bertz CT molecular complexity index is 877. The van der Waals surface area contributed by atoms with Crippen molar-refractivity contribution in [3.05, 3.63) is 59.7 Å². The molecule has 8 heteroatoms. The van der Waals surface area contributed by atoms with Gasteiger partial charge in [0.25, 0.3) is 0 Å². The second-order valence-electron chi connectivity index (χ2n) is 6.71. The van der Waals surface area contributed by atoms with E-state index >= 15 is 0 Å². The van der Waals surface area contributed by atoms with Crippen LogP contribution in [0.4, 0.5) is 4.79 Å². The molecule has 1 heterocycles. The van der Waals surface area contributed by atoms with Crippen molar-refractivity contribution in [3.63, 3.8) is 0 Å². The molecule has 2 aromatic carbocycles. The summed E-state index contributed by atoms with van der Waals surface area (Å²) in [5.74, 6) is 1.11. The Morgan fingerprint density at radius 1 is 1.17 bits per heavy atom. The maximum atomic E-state index is 12.9. The number of carbonyl (C=O) groups is 2. The fraction of sp³-hybridized carbons (Fsp3) is 0.333. The molecule has 0 aliphatic carbocycles. The second kappa shape index (κ2) is 9.34. The minimum Gasteiger partial charge on any atom is -0.497 e. The Morgan fingerprint density at radius 2 is 1.90 bits per heavy atom. The van der Waals surface area contributed by atoms with Gasteiger partial charge in [-0.2, -0.15) is 0 Å². The van der Waals surface area contributed by atoms with E-state index in [4.69, 9.17) is 9.47 Å². The molecule has 0 saturated carbocycles. The molecule has 0 spiro atoms. The Balaban J connectivity index is 1.79. The molecule has 0 bridgehead atoms. The minimum atomic E-state index is -1.09. The lowest BCUT2D eigenvalue weighted by molar-refractivity contribution is -0.157. The number of alkyl halides is 1. The van der Waals surface area contributed by atoms with E-state index in [0.717, 1.165) is 11.1 Å². The van der Waals surface area contributed by atoms with Crippen LogP contribution in [-0.2, 0) is 17.9 Å². The van der Waals surface area contributed by atoms with E-state index in [1.807, 2.05) is 42.5 Å². The average molecular weight is 510 g/mol. The Morgan fingerprint density at radius 3 is 2.48 bits per heavy atom. The van der Waals surface area contributed by atoms with Gasteiger partial charge >= 0.3 is 6.09 Å². The molecule has 2 aromatic rings. The van der Waals surface area contributed by atoms with Gasteiger partial charge in [0.1, 0.15) is 17.5 Å². The lowest BCUT2D eigenvalue weighted by atomic mass is 9.93. The van der Waals surface area contributed by atoms with Crippen molar-refractivity contribution >= 4 is 34.6 Å². The van der Waals surface area contributed by atoms with Gasteiger partial charge in [-0.15, -0.1) is 0 Å². The number of nitrogens with zero attached hydrogens (tertiary/aromatic N) is 2. The molecule has 0 radical (unpaired) electrons. The Labute approximate surface area is 183 Å². The van der Waals surface area contributed by atoms with Crippen molar-refractivity contribution in [2.24, 2.45) is 0 Å². The molecule has 2 atom stereocenters. The molecule has 7 nitrogen and oxygen atoms in total. The molecule has 1 N–H and O–H groups in total. The SMILES string of the molecule is COc1ccc(CN2C(=O)[C@@H](N(Cc3ccccc3)C(=O)O)[C@H]2CI)c(OC)c1. The summed E-state index contributed by atoms with van der Waals surface area (Å²) in [6.07, 6.45) is -1.09. The lowest BCUT2D eigenvalue weighted by Gasteiger charge is -2.50. The van der Waals surface area contributed by atoms with Gasteiger partial charge in [0.2, 0.25) is 5.91 Å². The second-order valence-corrected chi connectivity index (χ2v) is 7.59. The third-order valence-electron chi connectivity index (χ3n) is 5.07. The molecule has 1 aliphatic heterocycles. The first kappa shape index (κ1) is 21.2. The molecule has 0 unspecified atom stereocenters. The van der Waals surface area contributed by atoms with Crippen LogP contribution in [0.15, 0.2) is 48.5 Å². The van der Waals surface area contributed by atoms with Crippen LogP contribution in [0, 0.1) is 0 Å². The minimum absolute atomic E-state index is 0.180. The van der Waals surface area contributed by atoms with Gasteiger partial charge in [0.15, 0.2) is 0 Å². The van der Waals surface area contributed by atoms with Gasteiger partial charge in [-0.3, -0.25) is 9.69 Å². The normalized spacial score (nSPS) is 18.2. The maximum absolute atomic E-state index is 12.9. The first-order chi connectivity index (χ1) is 14.0. The number of carbonyl (C=O) groups excluding carboxylic acids is 1. The number of hydrogen-bond donors (Lipinski definition) is 1. The van der Waals surface area contributed by atoms with Gasteiger partial charge in [-0.25, -0.2) is 4.79 Å². The van der Waals surface area contributed by atoms with E-state index in [1.54, 1.807) is 25.2 Å². The smallest absolute Gasteiger partial charge is 0.408 e. The Kier molecular flexibility index (Phi) is 6.83. The monoisotopic (exact) mass is 510 g/mol. The summed E-state index contributed by atoms with van der Waals surface area (Å²) < 4.78 is 11.3. The lowest BCUT2D eigenvalue weighted by Crippen LogP contribution is -2.71. The first-order valence-corrected chi connectivity index (χ1v) is 10.6. The number of ether oxygens (including phenoxy) is 2. The van der Waals surface area contributed by atoms with E-state index in [0.29, 0.717) is 22.5 Å². The summed E-state index contributed by atoms with van der Waals surface area (Å²) in [7, 11) is 3.15. The van der Waals surface area contributed by atoms with Crippen molar-refractivity contribution < 1.29 is 24.2 Å². The number of carboxylic acid groups (broad SMARTS) is 1. The molecule has 0 aromatic heterocycles. The summed E-state index contributed by atoms with van der Waals surface area (Å²) in [5.41, 5.74) is 1.70. The van der Waals surface area contributed by atoms with Gasteiger partial charge in [-0.05, 0) is 17.7 Å². The van der Waals surface area contributed by atoms with E-state index in [2.05, 4.69) is 22.6 Å². The predicted molar refractivity (Wildman–Crippen MR) is 117 cm³/mol. The number of methoxy groups -OCH3 is 2. The summed E-state index contributed by atoms with van der Waals surface area (Å²) in [5, 5.41) is 9.74. The molecule has 1 saturated heterocycles. The van der Waals surface area contributed by atoms with Crippen LogP contribution >= 0.6 is 22.6 Å². The predicted octanol–water partition coefficient (Wildman–Crippen LogP) is 3.40. The van der Waals surface area contributed by atoms with Crippen LogP contribution in [0.1, 0.15) is 11.1 Å². The fourth-order valence-electron chi connectivity index (χ4n) is 3.52. The molecular weight excluding hydrogens is 487 g/mol. The number of halogens is 1. The van der Waals surface area contributed by atoms with Crippen molar-refractivity contribution in [1.29, 1.82) is 0 Å². The van der Waals surface area contributed by atoms with Gasteiger partial charge in [0, 0.05) is 29.1 Å². The maximum Gasteiger partial charge on any atom is 0.408 e. The zero-order valence-corrected chi connectivity index (χ0v) is 18.4. The summed E-state index contributed by atoms with van der Waals surface area (Å²) in [6, 6.07) is 13.9. The fourth-order valence-corrected chi connectivity index (χ4v) is 4.48. The molecule has 1 aliphatic rings. The van der Waals surface area contributed by atoms with Crippen LogP contribution in [0.5, 0.6) is 11.5 Å². The van der Waals surface area contributed by atoms with Crippen LogP contribution in [-0.4, -0.2) is 57.6 Å². The number of β-lactam (4-membered cyclic amide) rings is 1. The molecule has 1 fully saturated rings. The van der Waals surface area contributed by atoms with Crippen LogP contribution < -0.4 is 9.47 Å². The van der Waals surface area contributed by atoms with Gasteiger partial charge < -0.3 is 19.5 Å². The highest BCUT2D eigenvalue weighted by molar-refractivity contribution is 14.1. The topological polar surface area (TPSA) is 79.3 Å². The van der Waals surface area contributed by atoms with E-state index in [1.165, 1.54) is 4.90 Å². The average Bonchev–Trinajstić information content (AvgIpc) is 2.74. The van der Waals surface area contributed by atoms with Crippen LogP contribution in [0.25, 0.3) is 0 Å². The van der Waals surface area contributed by atoms with Crippen LogP contribution in [0.3, 0.4) is 0 Å². The molecule has 2 amide bonds. The van der Waals surface area contributed by atoms with Crippen molar-refractivity contribution in [3.8, 4) is 11.5 Å². The van der Waals surface area contributed by atoms with Crippen molar-refractivity contribution in [2.75, 3.05) is 18.6 Å². The highest BCUT2D eigenvalue weighted by atomic mass is 127. The number of benzene rings is 2. The van der Waals surface area contributed by atoms with Gasteiger partial charge in [-0.1, -0.05) is 52.9 Å². The van der Waals surface area contributed by atoms with Gasteiger partial charge in [0.05, 0.1) is 20.3 Å². The van der Waals surface area contributed by atoms with E-state index < -0.39 is 12.1 Å². The van der Waals surface area contributed by atoms with Crippen LogP contribution in [0.2, 0.25) is 0 Å². The summed E-state index contributed by atoms with van der Waals surface area (Å²) in [6.45, 7) is 0.536. The number of rotatable bonds is 8. The largest absolute Gasteiger partial charge is 0.497 e. The number of likely N-dealkylation sites (tertiary alicyclic amines) is 1. The third kappa shape index (κ3) is 4.42. The summed E-state index contributed by atoms with van der Waals surface area (Å²) in [4.78, 5) is 27.8. The quantitative estimate of drug-likeness (QED) is 0.335. The molecule has 29 heavy (non-hydrogen) atoms. The van der Waals surface area contributed by atoms with E-state index in [-0.39, 0.29) is 18.5 Å². The zero-order valence-electron chi connectivity index (χ0n) is 16.2. The summed E-state index contributed by atoms with van der Waals surface area (Å²) >= 11 is 2.20. The van der Waals surface area contributed by atoms with Crippen molar-refractivity contribution in [1.82, 2.24) is 9.80 Å². The standard InChI is InChI=1S/C21H23IN2O5/c1-28-16-9-8-15(18(10-16)29-2)13-23-17(11-22)19(20(23)25)24(21(26)27)12-14-6-4-3-5-7-14/h3-10,17,19H,11-13H2,1-2H3,(H,26,27)/t17-,19+/m1/s1. The Hall–Kier alpha value is -2.49. The first-order valence-electron chi connectivity index (χ1n) is 9.11. The number of amides is 2.